The summed E-state index contributed by atoms with van der Waals surface area (Å²) in [5.74, 6) is -0.287. The maximum absolute atomic E-state index is 12.2. The highest BCUT2D eigenvalue weighted by Crippen LogP contribution is 2.20. The van der Waals surface area contributed by atoms with Gasteiger partial charge in [-0.25, -0.2) is 0 Å². The van der Waals surface area contributed by atoms with Crippen molar-refractivity contribution in [1.29, 1.82) is 0 Å². The van der Waals surface area contributed by atoms with Gasteiger partial charge in [0.2, 0.25) is 5.91 Å². The zero-order valence-electron chi connectivity index (χ0n) is 10.3. The molecule has 1 amide bonds. The van der Waals surface area contributed by atoms with E-state index >= 15 is 0 Å². The second-order valence-corrected chi connectivity index (χ2v) is 4.47. The lowest BCUT2D eigenvalue weighted by molar-refractivity contribution is -0.114. The molecule has 1 N–H and O–H groups in total. The number of rotatable bonds is 3. The summed E-state index contributed by atoms with van der Waals surface area (Å²) in [6.07, 6.45) is 0. The van der Waals surface area contributed by atoms with E-state index in [-0.39, 0.29) is 11.7 Å². The number of benzene rings is 2. The van der Waals surface area contributed by atoms with Crippen LogP contribution in [0.3, 0.4) is 0 Å². The Morgan fingerprint density at radius 2 is 1.63 bits per heavy atom. The van der Waals surface area contributed by atoms with Gasteiger partial charge >= 0.3 is 0 Å². The molecule has 0 unspecified atom stereocenters. The molecule has 0 aromatic heterocycles. The first-order valence-corrected chi connectivity index (χ1v) is 6.12. The van der Waals surface area contributed by atoms with E-state index in [4.69, 9.17) is 11.6 Å². The summed E-state index contributed by atoms with van der Waals surface area (Å²) in [5, 5.41) is 3.07. The Morgan fingerprint density at radius 3 is 2.21 bits per heavy atom. The number of ketones is 1. The summed E-state index contributed by atoms with van der Waals surface area (Å²) in [5.41, 5.74) is 1.65. The first-order valence-electron chi connectivity index (χ1n) is 5.75. The fourth-order valence-corrected chi connectivity index (χ4v) is 1.93. The summed E-state index contributed by atoms with van der Waals surface area (Å²) >= 11 is 5.99. The van der Waals surface area contributed by atoms with E-state index in [1.54, 1.807) is 48.5 Å². The molecule has 2 aromatic carbocycles. The smallest absolute Gasteiger partial charge is 0.221 e. The average Bonchev–Trinajstić information content (AvgIpc) is 2.39. The molecule has 0 heterocycles. The molecule has 0 saturated heterocycles. The Hall–Kier alpha value is -2.13. The van der Waals surface area contributed by atoms with Gasteiger partial charge in [-0.2, -0.15) is 0 Å². The predicted octanol–water partition coefficient (Wildman–Crippen LogP) is 3.53. The molecule has 0 aliphatic rings. The van der Waals surface area contributed by atoms with Crippen LogP contribution in [0.1, 0.15) is 22.8 Å². The second-order valence-electron chi connectivity index (χ2n) is 4.07. The Kier molecular flexibility index (Phi) is 3.97. The lowest BCUT2D eigenvalue weighted by Gasteiger charge is -2.05. The molecule has 0 spiro atoms. The van der Waals surface area contributed by atoms with Crippen LogP contribution >= 0.6 is 11.6 Å². The van der Waals surface area contributed by atoms with Crippen molar-refractivity contribution in [2.45, 2.75) is 6.92 Å². The van der Waals surface area contributed by atoms with E-state index < -0.39 is 0 Å². The Morgan fingerprint density at radius 1 is 1.00 bits per heavy atom. The average molecular weight is 274 g/mol. The van der Waals surface area contributed by atoms with Gasteiger partial charge in [0, 0.05) is 23.7 Å². The SMILES string of the molecule is CC(=O)Nc1ccc(C(=O)c2ccccc2Cl)cc1. The van der Waals surface area contributed by atoms with Gasteiger partial charge in [0.25, 0.3) is 0 Å². The summed E-state index contributed by atoms with van der Waals surface area (Å²) in [7, 11) is 0. The zero-order valence-corrected chi connectivity index (χ0v) is 11.1. The van der Waals surface area contributed by atoms with Crippen molar-refractivity contribution in [2.24, 2.45) is 0 Å². The zero-order chi connectivity index (χ0) is 13.8. The minimum absolute atomic E-state index is 0.139. The van der Waals surface area contributed by atoms with Gasteiger partial charge < -0.3 is 5.32 Å². The van der Waals surface area contributed by atoms with Crippen molar-refractivity contribution in [3.8, 4) is 0 Å². The number of carbonyl (C=O) groups is 2. The minimum atomic E-state index is -0.148. The molecule has 0 atom stereocenters. The maximum atomic E-state index is 12.2. The van der Waals surface area contributed by atoms with Crippen LogP contribution in [0.2, 0.25) is 5.02 Å². The normalized spacial score (nSPS) is 10.0. The Bertz CT molecular complexity index is 620. The van der Waals surface area contributed by atoms with Crippen molar-refractivity contribution < 1.29 is 9.59 Å². The quantitative estimate of drug-likeness (QED) is 0.870. The molecule has 0 saturated carbocycles. The van der Waals surface area contributed by atoms with Crippen molar-refractivity contribution in [1.82, 2.24) is 0 Å². The van der Waals surface area contributed by atoms with E-state index in [1.807, 2.05) is 0 Å². The van der Waals surface area contributed by atoms with Crippen molar-refractivity contribution >= 4 is 29.0 Å². The molecule has 2 aromatic rings. The van der Waals surface area contributed by atoms with E-state index in [9.17, 15) is 9.59 Å². The second kappa shape index (κ2) is 5.67. The van der Waals surface area contributed by atoms with Gasteiger partial charge in [-0.1, -0.05) is 23.7 Å². The van der Waals surface area contributed by atoms with E-state index in [0.29, 0.717) is 21.8 Å². The highest BCUT2D eigenvalue weighted by Gasteiger charge is 2.12. The van der Waals surface area contributed by atoms with Gasteiger partial charge in [-0.3, -0.25) is 9.59 Å². The van der Waals surface area contributed by atoms with Crippen LogP contribution in [0.4, 0.5) is 5.69 Å². The summed E-state index contributed by atoms with van der Waals surface area (Å²) < 4.78 is 0. The molecule has 19 heavy (non-hydrogen) atoms. The van der Waals surface area contributed by atoms with Crippen LogP contribution in [-0.2, 0) is 4.79 Å². The van der Waals surface area contributed by atoms with Crippen LogP contribution in [0.5, 0.6) is 0 Å². The number of carbonyl (C=O) groups excluding carboxylic acids is 2. The van der Waals surface area contributed by atoms with Gasteiger partial charge in [-0.05, 0) is 36.4 Å². The Labute approximate surface area is 116 Å². The number of amides is 1. The summed E-state index contributed by atoms with van der Waals surface area (Å²) in [6.45, 7) is 1.43. The standard InChI is InChI=1S/C15H12ClNO2/c1-10(18)17-12-8-6-11(7-9-12)15(19)13-4-2-3-5-14(13)16/h2-9H,1H3,(H,17,18). The third-order valence-electron chi connectivity index (χ3n) is 2.59. The first-order chi connectivity index (χ1) is 9.08. The van der Waals surface area contributed by atoms with E-state index in [2.05, 4.69) is 5.32 Å². The van der Waals surface area contributed by atoms with Crippen LogP contribution in [0, 0.1) is 0 Å². The largest absolute Gasteiger partial charge is 0.326 e. The van der Waals surface area contributed by atoms with Crippen LogP contribution in [0.25, 0.3) is 0 Å². The molecule has 96 valence electrons. The molecule has 0 bridgehead atoms. The fraction of sp³-hybridized carbons (Fsp3) is 0.0667. The van der Waals surface area contributed by atoms with Crippen molar-refractivity contribution in [3.63, 3.8) is 0 Å². The minimum Gasteiger partial charge on any atom is -0.326 e. The highest BCUT2D eigenvalue weighted by molar-refractivity contribution is 6.35. The molecule has 0 fully saturated rings. The number of hydrogen-bond acceptors (Lipinski definition) is 2. The fourth-order valence-electron chi connectivity index (χ4n) is 1.71. The number of anilines is 1. The third-order valence-corrected chi connectivity index (χ3v) is 2.92. The molecular weight excluding hydrogens is 262 g/mol. The topological polar surface area (TPSA) is 46.2 Å². The first kappa shape index (κ1) is 13.3. The molecule has 0 aliphatic carbocycles. The van der Waals surface area contributed by atoms with Gasteiger partial charge in [-0.15, -0.1) is 0 Å². The number of halogens is 1. The lowest BCUT2D eigenvalue weighted by atomic mass is 10.0. The van der Waals surface area contributed by atoms with Gasteiger partial charge in [0.15, 0.2) is 5.78 Å². The lowest BCUT2D eigenvalue weighted by Crippen LogP contribution is -2.06. The van der Waals surface area contributed by atoms with Crippen LogP contribution in [0.15, 0.2) is 48.5 Å². The molecular formula is C15H12ClNO2. The summed E-state index contributed by atoms with van der Waals surface area (Å²) in [6, 6.07) is 13.6. The predicted molar refractivity (Wildman–Crippen MR) is 75.6 cm³/mol. The number of hydrogen-bond donors (Lipinski definition) is 1. The molecule has 2 rings (SSSR count). The summed E-state index contributed by atoms with van der Waals surface area (Å²) in [4.78, 5) is 23.1. The molecule has 3 nitrogen and oxygen atoms in total. The van der Waals surface area contributed by atoms with E-state index in [0.717, 1.165) is 0 Å². The van der Waals surface area contributed by atoms with Crippen molar-refractivity contribution in [2.75, 3.05) is 5.32 Å². The van der Waals surface area contributed by atoms with Crippen LogP contribution in [-0.4, -0.2) is 11.7 Å². The van der Waals surface area contributed by atoms with Crippen molar-refractivity contribution in [3.05, 3.63) is 64.7 Å². The Balaban J connectivity index is 2.25. The molecule has 4 heteroatoms. The third kappa shape index (κ3) is 3.20. The van der Waals surface area contributed by atoms with Crippen LogP contribution < -0.4 is 5.32 Å². The molecule has 0 radical (unpaired) electrons. The maximum Gasteiger partial charge on any atom is 0.221 e. The number of nitrogens with one attached hydrogen (secondary N) is 1. The van der Waals surface area contributed by atoms with E-state index in [1.165, 1.54) is 6.92 Å². The van der Waals surface area contributed by atoms with Gasteiger partial charge in [0.05, 0.1) is 5.02 Å². The highest BCUT2D eigenvalue weighted by atomic mass is 35.5. The monoisotopic (exact) mass is 273 g/mol. The van der Waals surface area contributed by atoms with Gasteiger partial charge in [0.1, 0.15) is 0 Å². The molecule has 0 aliphatic heterocycles.